The number of methoxy groups -OCH3 is 1. The predicted octanol–water partition coefficient (Wildman–Crippen LogP) is 4.23. The van der Waals surface area contributed by atoms with Gasteiger partial charge in [-0.25, -0.2) is 4.39 Å². The fourth-order valence-electron chi connectivity index (χ4n) is 3.30. The van der Waals surface area contributed by atoms with Crippen molar-refractivity contribution in [3.63, 3.8) is 0 Å². The number of nitrogens with one attached hydrogen (secondary N) is 1. The molecule has 1 N–H and O–H groups in total. The van der Waals surface area contributed by atoms with E-state index in [0.717, 1.165) is 4.90 Å². The number of carbonyl (C=O) groups excluding carboxylic acids is 2. The van der Waals surface area contributed by atoms with Crippen molar-refractivity contribution >= 4 is 23.1 Å². The molecular weight excluding hydrogens is 383 g/mol. The van der Waals surface area contributed by atoms with Gasteiger partial charge in [-0.15, -0.1) is 0 Å². The lowest BCUT2D eigenvalue weighted by atomic mass is 10.0. The van der Waals surface area contributed by atoms with Gasteiger partial charge in [0.1, 0.15) is 17.3 Å². The van der Waals surface area contributed by atoms with E-state index in [9.17, 15) is 14.0 Å². The molecule has 30 heavy (non-hydrogen) atoms. The number of carbonyl (C=O) groups is 2. The van der Waals surface area contributed by atoms with Gasteiger partial charge in [-0.2, -0.15) is 0 Å². The molecule has 3 aromatic rings. The quantitative estimate of drug-likeness (QED) is 0.627. The number of nitrogens with zero attached hydrogens (tertiary/aromatic N) is 1. The molecule has 3 aromatic carbocycles. The normalized spacial score (nSPS) is 13.7. The minimum atomic E-state index is -0.431. The Kier molecular flexibility index (Phi) is 5.30. The summed E-state index contributed by atoms with van der Waals surface area (Å²) in [5, 5.41) is 3.10. The van der Waals surface area contributed by atoms with E-state index in [0.29, 0.717) is 22.6 Å². The van der Waals surface area contributed by atoms with Crippen LogP contribution in [0.3, 0.4) is 0 Å². The number of hydrogen-bond acceptors (Lipinski definition) is 4. The molecule has 0 bridgehead atoms. The van der Waals surface area contributed by atoms with Crippen LogP contribution in [0.2, 0.25) is 0 Å². The number of anilines is 1. The molecule has 0 saturated heterocycles. The maximum atomic E-state index is 13.2. The average molecular weight is 402 g/mol. The smallest absolute Gasteiger partial charge is 0.278 e. The Bertz CT molecular complexity index is 1110. The first-order chi connectivity index (χ1) is 14.6. The standard InChI is InChI=1S/C24H19FN2O3/c1-30-20-13-9-17(10-14-20)21-22(26-19-5-3-2-4-6-19)24(29)27(23(21)28)15-16-7-11-18(25)12-8-16/h2-14,26H,15H2,1H3. The van der Waals surface area contributed by atoms with Gasteiger partial charge in [0.2, 0.25) is 0 Å². The van der Waals surface area contributed by atoms with Gasteiger partial charge in [0.15, 0.2) is 0 Å². The molecule has 0 atom stereocenters. The molecule has 0 aromatic heterocycles. The Hall–Kier alpha value is -3.93. The van der Waals surface area contributed by atoms with Crippen molar-refractivity contribution in [1.82, 2.24) is 4.90 Å². The van der Waals surface area contributed by atoms with E-state index < -0.39 is 11.8 Å². The molecule has 1 aliphatic rings. The fourth-order valence-corrected chi connectivity index (χ4v) is 3.30. The van der Waals surface area contributed by atoms with Gasteiger partial charge < -0.3 is 10.1 Å². The summed E-state index contributed by atoms with van der Waals surface area (Å²) in [5.74, 6) is -0.565. The minimum Gasteiger partial charge on any atom is -0.497 e. The number of para-hydroxylation sites is 1. The first kappa shape index (κ1) is 19.4. The van der Waals surface area contributed by atoms with Crippen molar-refractivity contribution in [2.75, 3.05) is 12.4 Å². The SMILES string of the molecule is COc1ccc(C2=C(Nc3ccccc3)C(=O)N(Cc3ccc(F)cc3)C2=O)cc1. The number of amides is 2. The van der Waals surface area contributed by atoms with Crippen molar-refractivity contribution < 1.29 is 18.7 Å². The van der Waals surface area contributed by atoms with Crippen LogP contribution in [0.1, 0.15) is 11.1 Å². The monoisotopic (exact) mass is 402 g/mol. The molecule has 150 valence electrons. The average Bonchev–Trinajstić information content (AvgIpc) is 3.00. The van der Waals surface area contributed by atoms with Crippen LogP contribution < -0.4 is 10.1 Å². The first-order valence-corrected chi connectivity index (χ1v) is 9.38. The van der Waals surface area contributed by atoms with Gasteiger partial charge in [0.05, 0.1) is 19.2 Å². The zero-order valence-corrected chi connectivity index (χ0v) is 16.3. The van der Waals surface area contributed by atoms with Crippen LogP contribution in [0.15, 0.2) is 84.6 Å². The van der Waals surface area contributed by atoms with E-state index in [1.807, 2.05) is 30.3 Å². The molecule has 0 fully saturated rings. The van der Waals surface area contributed by atoms with E-state index in [4.69, 9.17) is 4.74 Å². The zero-order valence-electron chi connectivity index (χ0n) is 16.3. The van der Waals surface area contributed by atoms with Crippen LogP contribution in [0.25, 0.3) is 5.57 Å². The largest absolute Gasteiger partial charge is 0.497 e. The summed E-state index contributed by atoms with van der Waals surface area (Å²) >= 11 is 0. The lowest BCUT2D eigenvalue weighted by Gasteiger charge is -2.15. The number of benzene rings is 3. The van der Waals surface area contributed by atoms with E-state index in [1.165, 1.54) is 12.1 Å². The van der Waals surface area contributed by atoms with Gasteiger partial charge in [0.25, 0.3) is 11.8 Å². The second-order valence-corrected chi connectivity index (χ2v) is 6.79. The molecular formula is C24H19FN2O3. The minimum absolute atomic E-state index is 0.0531. The van der Waals surface area contributed by atoms with Crippen LogP contribution in [-0.4, -0.2) is 23.8 Å². The topological polar surface area (TPSA) is 58.6 Å². The molecule has 6 heteroatoms. The van der Waals surface area contributed by atoms with E-state index in [-0.39, 0.29) is 23.6 Å². The van der Waals surface area contributed by atoms with Crippen LogP contribution >= 0.6 is 0 Å². The van der Waals surface area contributed by atoms with E-state index in [2.05, 4.69) is 5.32 Å². The Balaban J connectivity index is 1.72. The highest BCUT2D eigenvalue weighted by atomic mass is 19.1. The second-order valence-electron chi connectivity index (χ2n) is 6.79. The maximum Gasteiger partial charge on any atom is 0.278 e. The van der Waals surface area contributed by atoms with E-state index >= 15 is 0 Å². The Labute approximate surface area is 173 Å². The van der Waals surface area contributed by atoms with Gasteiger partial charge >= 0.3 is 0 Å². The Morgan fingerprint density at radius 3 is 2.17 bits per heavy atom. The van der Waals surface area contributed by atoms with Crippen LogP contribution in [-0.2, 0) is 16.1 Å². The molecule has 0 spiro atoms. The zero-order chi connectivity index (χ0) is 21.1. The molecule has 1 aliphatic heterocycles. The van der Waals surface area contributed by atoms with Crippen molar-refractivity contribution in [2.24, 2.45) is 0 Å². The van der Waals surface area contributed by atoms with Gasteiger partial charge in [-0.3, -0.25) is 14.5 Å². The number of halogens is 1. The van der Waals surface area contributed by atoms with Crippen molar-refractivity contribution in [1.29, 1.82) is 0 Å². The number of hydrogen-bond donors (Lipinski definition) is 1. The van der Waals surface area contributed by atoms with Gasteiger partial charge in [-0.1, -0.05) is 42.5 Å². The summed E-state index contributed by atoms with van der Waals surface area (Å²) in [4.78, 5) is 27.6. The third kappa shape index (κ3) is 3.80. The third-order valence-corrected chi connectivity index (χ3v) is 4.84. The van der Waals surface area contributed by atoms with Crippen LogP contribution in [0.5, 0.6) is 5.75 Å². The number of rotatable bonds is 6. The summed E-state index contributed by atoms with van der Waals surface area (Å²) < 4.78 is 18.4. The molecule has 0 aliphatic carbocycles. The van der Waals surface area contributed by atoms with Crippen molar-refractivity contribution in [3.05, 3.63) is 102 Å². The van der Waals surface area contributed by atoms with E-state index in [1.54, 1.807) is 43.5 Å². The number of ether oxygens (including phenoxy) is 1. The molecule has 0 unspecified atom stereocenters. The molecule has 5 nitrogen and oxygen atoms in total. The first-order valence-electron chi connectivity index (χ1n) is 9.38. The third-order valence-electron chi connectivity index (χ3n) is 4.84. The number of imide groups is 1. The van der Waals surface area contributed by atoms with Gasteiger partial charge in [-0.05, 0) is 47.5 Å². The van der Waals surface area contributed by atoms with Crippen LogP contribution in [0.4, 0.5) is 10.1 Å². The summed E-state index contributed by atoms with van der Waals surface area (Å²) in [7, 11) is 1.56. The molecule has 0 saturated carbocycles. The van der Waals surface area contributed by atoms with Crippen LogP contribution in [0, 0.1) is 5.82 Å². The molecule has 4 rings (SSSR count). The summed E-state index contributed by atoms with van der Waals surface area (Å²) in [6, 6.07) is 21.9. The maximum absolute atomic E-state index is 13.2. The second kappa shape index (κ2) is 8.21. The van der Waals surface area contributed by atoms with Crippen molar-refractivity contribution in [3.8, 4) is 5.75 Å². The lowest BCUT2D eigenvalue weighted by molar-refractivity contribution is -0.137. The fraction of sp³-hybridized carbons (Fsp3) is 0.0833. The van der Waals surface area contributed by atoms with Gasteiger partial charge in [0, 0.05) is 5.69 Å². The highest BCUT2D eigenvalue weighted by Gasteiger charge is 2.39. The molecule has 1 heterocycles. The highest BCUT2D eigenvalue weighted by molar-refractivity contribution is 6.36. The Morgan fingerprint density at radius 2 is 1.53 bits per heavy atom. The molecule has 2 amide bonds. The lowest BCUT2D eigenvalue weighted by Crippen LogP contribution is -2.32. The summed E-state index contributed by atoms with van der Waals surface area (Å²) in [6.07, 6.45) is 0. The van der Waals surface area contributed by atoms with Crippen molar-refractivity contribution in [2.45, 2.75) is 6.54 Å². The predicted molar refractivity (Wildman–Crippen MR) is 112 cm³/mol. The molecule has 0 radical (unpaired) electrons. The summed E-state index contributed by atoms with van der Waals surface area (Å²) in [6.45, 7) is 0.0531. The Morgan fingerprint density at radius 1 is 0.867 bits per heavy atom. The highest BCUT2D eigenvalue weighted by Crippen LogP contribution is 2.32. The summed E-state index contributed by atoms with van der Waals surface area (Å²) in [5.41, 5.74) is 2.46.